The molecule has 0 saturated carbocycles. The van der Waals surface area contributed by atoms with E-state index in [1.165, 1.54) is 24.3 Å². The molecule has 0 unspecified atom stereocenters. The maximum Gasteiger partial charge on any atom is 0.261 e. The summed E-state index contributed by atoms with van der Waals surface area (Å²) in [6.07, 6.45) is 1.29. The van der Waals surface area contributed by atoms with Gasteiger partial charge in [0.2, 0.25) is 5.91 Å². The highest BCUT2D eigenvalue weighted by atomic mass is 19.1. The van der Waals surface area contributed by atoms with E-state index >= 15 is 0 Å². The summed E-state index contributed by atoms with van der Waals surface area (Å²) < 4.78 is 18.6. The Hall–Kier alpha value is -2.89. The topological polar surface area (TPSA) is 58.6 Å². The number of rotatable bonds is 10. The van der Waals surface area contributed by atoms with Crippen molar-refractivity contribution < 1.29 is 18.7 Å². The van der Waals surface area contributed by atoms with Gasteiger partial charge in [-0.05, 0) is 49.6 Å². The molecule has 0 heterocycles. The summed E-state index contributed by atoms with van der Waals surface area (Å²) in [4.78, 5) is 27.4. The lowest BCUT2D eigenvalue weighted by molar-refractivity contribution is -0.143. The first-order chi connectivity index (χ1) is 13.9. The fraction of sp³-hybridized carbons (Fsp3) is 0.391. The van der Waals surface area contributed by atoms with Gasteiger partial charge in [0.25, 0.3) is 5.91 Å². The van der Waals surface area contributed by atoms with Crippen LogP contribution in [0.25, 0.3) is 0 Å². The molecule has 0 bridgehead atoms. The SMILES string of the molecule is CC[C@H](C)NC(=O)[C@H](CC)N(Cc1ccccc1)C(=O)COc1ccc(F)cc1. The van der Waals surface area contributed by atoms with Gasteiger partial charge in [0, 0.05) is 12.6 Å². The van der Waals surface area contributed by atoms with Crippen LogP contribution in [-0.4, -0.2) is 35.4 Å². The van der Waals surface area contributed by atoms with Gasteiger partial charge in [-0.3, -0.25) is 9.59 Å². The number of carbonyl (C=O) groups excluding carboxylic acids is 2. The number of hydrogen-bond donors (Lipinski definition) is 1. The Morgan fingerprint density at radius 1 is 1.03 bits per heavy atom. The molecule has 2 amide bonds. The van der Waals surface area contributed by atoms with Gasteiger partial charge in [-0.2, -0.15) is 0 Å². The van der Waals surface area contributed by atoms with Gasteiger partial charge in [0.1, 0.15) is 17.6 Å². The smallest absolute Gasteiger partial charge is 0.261 e. The average molecular weight is 400 g/mol. The molecule has 0 radical (unpaired) electrons. The van der Waals surface area contributed by atoms with Crippen LogP contribution >= 0.6 is 0 Å². The van der Waals surface area contributed by atoms with E-state index in [1.54, 1.807) is 4.90 Å². The van der Waals surface area contributed by atoms with Crippen molar-refractivity contribution in [2.24, 2.45) is 0 Å². The van der Waals surface area contributed by atoms with Gasteiger partial charge in [0.15, 0.2) is 6.61 Å². The molecule has 0 fully saturated rings. The minimum atomic E-state index is -0.603. The average Bonchev–Trinajstić information content (AvgIpc) is 2.73. The third-order valence-electron chi connectivity index (χ3n) is 4.76. The molecule has 1 N–H and O–H groups in total. The van der Waals surface area contributed by atoms with Crippen LogP contribution in [0.4, 0.5) is 4.39 Å². The van der Waals surface area contributed by atoms with Gasteiger partial charge in [0.05, 0.1) is 0 Å². The second-order valence-corrected chi connectivity index (χ2v) is 6.99. The molecule has 0 aliphatic carbocycles. The van der Waals surface area contributed by atoms with E-state index in [2.05, 4.69) is 5.32 Å². The summed E-state index contributed by atoms with van der Waals surface area (Å²) in [5.74, 6) is -0.448. The summed E-state index contributed by atoms with van der Waals surface area (Å²) in [5.41, 5.74) is 0.928. The molecule has 29 heavy (non-hydrogen) atoms. The second kappa shape index (κ2) is 11.2. The third-order valence-corrected chi connectivity index (χ3v) is 4.76. The zero-order valence-corrected chi connectivity index (χ0v) is 17.2. The summed E-state index contributed by atoms with van der Waals surface area (Å²) in [5, 5.41) is 2.97. The van der Waals surface area contributed by atoms with Gasteiger partial charge in [-0.15, -0.1) is 0 Å². The number of hydrogen-bond acceptors (Lipinski definition) is 3. The Morgan fingerprint density at radius 2 is 1.69 bits per heavy atom. The quantitative estimate of drug-likeness (QED) is 0.657. The molecule has 2 rings (SSSR count). The molecule has 6 heteroatoms. The van der Waals surface area contributed by atoms with E-state index in [0.29, 0.717) is 18.7 Å². The highest BCUT2D eigenvalue weighted by Gasteiger charge is 2.29. The standard InChI is InChI=1S/C23H29FN2O3/c1-4-17(3)25-23(28)21(5-2)26(15-18-9-7-6-8-10-18)22(27)16-29-20-13-11-19(24)12-14-20/h6-14,17,21H,4-5,15-16H2,1-3H3,(H,25,28)/t17-,21-/m0/s1. The highest BCUT2D eigenvalue weighted by molar-refractivity contribution is 5.88. The molecule has 0 aliphatic heterocycles. The van der Waals surface area contributed by atoms with E-state index in [1.807, 2.05) is 51.1 Å². The normalized spacial score (nSPS) is 12.7. The number of nitrogens with one attached hydrogen (secondary N) is 1. The van der Waals surface area contributed by atoms with E-state index in [0.717, 1.165) is 12.0 Å². The molecular weight excluding hydrogens is 371 g/mol. The summed E-state index contributed by atoms with van der Waals surface area (Å²) >= 11 is 0. The van der Waals surface area contributed by atoms with Gasteiger partial charge in [-0.25, -0.2) is 4.39 Å². The molecule has 2 atom stereocenters. The maximum atomic E-state index is 13.1. The highest BCUT2D eigenvalue weighted by Crippen LogP contribution is 2.15. The van der Waals surface area contributed by atoms with Crippen LogP contribution in [0, 0.1) is 5.82 Å². The number of benzene rings is 2. The van der Waals surface area contributed by atoms with E-state index in [4.69, 9.17) is 4.74 Å². The van der Waals surface area contributed by atoms with Crippen molar-refractivity contribution in [2.45, 2.75) is 52.2 Å². The van der Waals surface area contributed by atoms with E-state index in [-0.39, 0.29) is 30.3 Å². The summed E-state index contributed by atoms with van der Waals surface area (Å²) in [7, 11) is 0. The van der Waals surface area contributed by atoms with Crippen molar-refractivity contribution in [1.29, 1.82) is 0 Å². The molecule has 0 spiro atoms. The first-order valence-corrected chi connectivity index (χ1v) is 9.96. The molecule has 156 valence electrons. The van der Waals surface area contributed by atoms with Crippen LogP contribution < -0.4 is 10.1 Å². The predicted molar refractivity (Wildman–Crippen MR) is 111 cm³/mol. The van der Waals surface area contributed by atoms with Crippen molar-refractivity contribution in [1.82, 2.24) is 10.2 Å². The molecule has 0 saturated heterocycles. The minimum Gasteiger partial charge on any atom is -0.484 e. The Bertz CT molecular complexity index is 780. The zero-order valence-electron chi connectivity index (χ0n) is 17.2. The molecular formula is C23H29FN2O3. The number of ether oxygens (including phenoxy) is 1. The lowest BCUT2D eigenvalue weighted by Gasteiger charge is -2.31. The van der Waals surface area contributed by atoms with Crippen molar-refractivity contribution in [2.75, 3.05) is 6.61 Å². The van der Waals surface area contributed by atoms with E-state index in [9.17, 15) is 14.0 Å². The largest absolute Gasteiger partial charge is 0.484 e. The molecule has 2 aromatic rings. The fourth-order valence-electron chi connectivity index (χ4n) is 2.90. The van der Waals surface area contributed by atoms with Crippen LogP contribution in [0.1, 0.15) is 39.2 Å². The lowest BCUT2D eigenvalue weighted by atomic mass is 10.1. The van der Waals surface area contributed by atoms with Gasteiger partial charge >= 0.3 is 0 Å². The minimum absolute atomic E-state index is 0.0284. The summed E-state index contributed by atoms with van der Waals surface area (Å²) in [6.45, 7) is 5.89. The van der Waals surface area contributed by atoms with Crippen molar-refractivity contribution >= 4 is 11.8 Å². The fourth-order valence-corrected chi connectivity index (χ4v) is 2.90. The maximum absolute atomic E-state index is 13.1. The molecule has 2 aromatic carbocycles. The Morgan fingerprint density at radius 3 is 2.28 bits per heavy atom. The first kappa shape index (κ1) is 22.4. The van der Waals surface area contributed by atoms with Crippen LogP contribution in [0.3, 0.4) is 0 Å². The number of amides is 2. The third kappa shape index (κ3) is 6.89. The van der Waals surface area contributed by atoms with Crippen LogP contribution in [0.2, 0.25) is 0 Å². The zero-order chi connectivity index (χ0) is 21.2. The Kier molecular flexibility index (Phi) is 8.65. The second-order valence-electron chi connectivity index (χ2n) is 6.99. The van der Waals surface area contributed by atoms with Crippen molar-refractivity contribution in [3.05, 3.63) is 66.0 Å². The van der Waals surface area contributed by atoms with Crippen LogP contribution in [0.5, 0.6) is 5.75 Å². The van der Waals surface area contributed by atoms with Crippen molar-refractivity contribution in [3.8, 4) is 5.75 Å². The lowest BCUT2D eigenvalue weighted by Crippen LogP contribution is -2.51. The molecule has 5 nitrogen and oxygen atoms in total. The monoisotopic (exact) mass is 400 g/mol. The van der Waals surface area contributed by atoms with Crippen LogP contribution in [-0.2, 0) is 16.1 Å². The van der Waals surface area contributed by atoms with Gasteiger partial charge < -0.3 is 15.0 Å². The first-order valence-electron chi connectivity index (χ1n) is 9.96. The van der Waals surface area contributed by atoms with Crippen LogP contribution in [0.15, 0.2) is 54.6 Å². The Labute approximate surface area is 171 Å². The van der Waals surface area contributed by atoms with Crippen molar-refractivity contribution in [3.63, 3.8) is 0 Å². The molecule has 0 aromatic heterocycles. The van der Waals surface area contributed by atoms with E-state index < -0.39 is 6.04 Å². The number of nitrogens with zero attached hydrogens (tertiary/aromatic N) is 1. The van der Waals surface area contributed by atoms with Gasteiger partial charge in [-0.1, -0.05) is 44.2 Å². The Balaban J connectivity index is 2.16. The number of carbonyl (C=O) groups is 2. The number of halogens is 1. The predicted octanol–water partition coefficient (Wildman–Crippen LogP) is 3.93. The summed E-state index contributed by atoms with van der Waals surface area (Å²) in [6, 6.07) is 14.4. The molecule has 0 aliphatic rings.